The Hall–Kier alpha value is -2.70. The number of carbonyl (C=O) groups excluding carboxylic acids is 1. The number of benzene rings is 2. The number of amides is 1. The lowest BCUT2D eigenvalue weighted by Gasteiger charge is -2.10. The minimum Gasteiger partial charge on any atom is -0.324 e. The van der Waals surface area contributed by atoms with Crippen LogP contribution in [0, 0.1) is 12.7 Å². The van der Waals surface area contributed by atoms with Crippen LogP contribution in [0.3, 0.4) is 0 Å². The molecule has 0 saturated heterocycles. The van der Waals surface area contributed by atoms with Gasteiger partial charge in [0.15, 0.2) is 0 Å². The van der Waals surface area contributed by atoms with Crippen molar-refractivity contribution in [3.63, 3.8) is 0 Å². The summed E-state index contributed by atoms with van der Waals surface area (Å²) in [6, 6.07) is 12.0. The first-order valence-corrected chi connectivity index (χ1v) is 8.31. The average Bonchev–Trinajstić information content (AvgIpc) is 2.59. The summed E-state index contributed by atoms with van der Waals surface area (Å²) >= 11 is 11.9. The fraction of sp³-hybridized carbons (Fsp3) is 0.0556. The smallest absolute Gasteiger partial charge is 0.274 e. The number of anilines is 3. The van der Waals surface area contributed by atoms with Crippen LogP contribution in [0.4, 0.5) is 21.7 Å². The zero-order valence-electron chi connectivity index (χ0n) is 13.6. The molecule has 0 bridgehead atoms. The second kappa shape index (κ2) is 7.68. The van der Waals surface area contributed by atoms with Crippen LogP contribution in [0.1, 0.15) is 16.2 Å². The van der Waals surface area contributed by atoms with Crippen LogP contribution in [-0.2, 0) is 0 Å². The molecule has 0 fully saturated rings. The lowest BCUT2D eigenvalue weighted by molar-refractivity contribution is 0.102. The molecule has 1 heterocycles. The highest BCUT2D eigenvalue weighted by Gasteiger charge is 2.13. The van der Waals surface area contributed by atoms with Gasteiger partial charge in [0.25, 0.3) is 5.91 Å². The van der Waals surface area contributed by atoms with Crippen LogP contribution in [0.2, 0.25) is 10.0 Å². The summed E-state index contributed by atoms with van der Waals surface area (Å²) in [6.45, 7) is 1.74. The Labute approximate surface area is 159 Å². The third kappa shape index (κ3) is 4.47. The van der Waals surface area contributed by atoms with E-state index in [0.29, 0.717) is 27.1 Å². The summed E-state index contributed by atoms with van der Waals surface area (Å²) in [4.78, 5) is 20.9. The zero-order valence-corrected chi connectivity index (χ0v) is 15.1. The van der Waals surface area contributed by atoms with E-state index < -0.39 is 5.91 Å². The molecule has 0 aliphatic rings. The molecular formula is C18H13Cl2FN4O. The fourth-order valence-electron chi connectivity index (χ4n) is 2.18. The summed E-state index contributed by atoms with van der Waals surface area (Å²) in [5.41, 5.74) is 1.78. The first kappa shape index (κ1) is 18.1. The van der Waals surface area contributed by atoms with Gasteiger partial charge in [-0.25, -0.2) is 14.4 Å². The maximum absolute atomic E-state index is 13.0. The van der Waals surface area contributed by atoms with Gasteiger partial charge in [-0.05, 0) is 55.5 Å². The maximum Gasteiger partial charge on any atom is 0.274 e. The molecule has 0 atom stereocenters. The first-order chi connectivity index (χ1) is 12.4. The number of hydrogen-bond donors (Lipinski definition) is 2. The lowest BCUT2D eigenvalue weighted by Crippen LogP contribution is -2.15. The molecule has 0 unspecified atom stereocenters. The van der Waals surface area contributed by atoms with E-state index in [1.165, 1.54) is 18.2 Å². The van der Waals surface area contributed by atoms with Crippen molar-refractivity contribution in [1.29, 1.82) is 0 Å². The van der Waals surface area contributed by atoms with Crippen molar-refractivity contribution in [1.82, 2.24) is 9.97 Å². The van der Waals surface area contributed by atoms with Gasteiger partial charge in [-0.15, -0.1) is 0 Å². The molecule has 2 aromatic carbocycles. The summed E-state index contributed by atoms with van der Waals surface area (Å²) in [5, 5.41) is 6.41. The van der Waals surface area contributed by atoms with Crippen molar-refractivity contribution in [2.24, 2.45) is 0 Å². The number of halogens is 3. The molecule has 5 nitrogen and oxygen atoms in total. The van der Waals surface area contributed by atoms with Crippen molar-refractivity contribution in [3.05, 3.63) is 75.8 Å². The van der Waals surface area contributed by atoms with Gasteiger partial charge in [0, 0.05) is 16.4 Å². The number of nitrogens with one attached hydrogen (secondary N) is 2. The van der Waals surface area contributed by atoms with Crippen LogP contribution < -0.4 is 10.6 Å². The fourth-order valence-corrected chi connectivity index (χ4v) is 2.64. The molecule has 132 valence electrons. The second-order valence-electron chi connectivity index (χ2n) is 5.43. The van der Waals surface area contributed by atoms with E-state index >= 15 is 0 Å². The normalized spacial score (nSPS) is 10.5. The molecule has 26 heavy (non-hydrogen) atoms. The van der Waals surface area contributed by atoms with E-state index in [1.54, 1.807) is 37.3 Å². The van der Waals surface area contributed by atoms with Gasteiger partial charge >= 0.3 is 0 Å². The minimum atomic E-state index is -0.443. The Morgan fingerprint density at radius 1 is 1.04 bits per heavy atom. The van der Waals surface area contributed by atoms with Crippen LogP contribution in [0.15, 0.2) is 48.5 Å². The molecule has 1 aromatic heterocycles. The molecule has 8 heteroatoms. The lowest BCUT2D eigenvalue weighted by atomic mass is 10.2. The number of rotatable bonds is 4. The summed E-state index contributed by atoms with van der Waals surface area (Å²) in [6.07, 6.45) is 0. The van der Waals surface area contributed by atoms with Crippen LogP contribution >= 0.6 is 23.2 Å². The second-order valence-corrected chi connectivity index (χ2v) is 6.27. The third-order valence-corrected chi connectivity index (χ3v) is 3.91. The maximum atomic E-state index is 13.0. The Morgan fingerprint density at radius 3 is 2.46 bits per heavy atom. The van der Waals surface area contributed by atoms with E-state index in [0.717, 1.165) is 0 Å². The molecule has 0 aliphatic heterocycles. The Bertz CT molecular complexity index is 964. The van der Waals surface area contributed by atoms with Crippen molar-refractivity contribution in [3.8, 4) is 0 Å². The number of aryl methyl sites for hydroxylation is 1. The van der Waals surface area contributed by atoms with E-state index in [-0.39, 0.29) is 17.5 Å². The van der Waals surface area contributed by atoms with Crippen molar-refractivity contribution in [2.75, 3.05) is 10.6 Å². The molecule has 3 aromatic rings. The van der Waals surface area contributed by atoms with Gasteiger partial charge in [0.05, 0.1) is 10.7 Å². The predicted molar refractivity (Wildman–Crippen MR) is 101 cm³/mol. The third-order valence-electron chi connectivity index (χ3n) is 3.37. The largest absolute Gasteiger partial charge is 0.324 e. The van der Waals surface area contributed by atoms with Crippen molar-refractivity contribution in [2.45, 2.75) is 6.92 Å². The molecule has 0 saturated carbocycles. The highest BCUT2D eigenvalue weighted by Crippen LogP contribution is 2.26. The highest BCUT2D eigenvalue weighted by atomic mass is 35.5. The van der Waals surface area contributed by atoms with Crippen molar-refractivity contribution < 1.29 is 9.18 Å². The minimum absolute atomic E-state index is 0.160. The van der Waals surface area contributed by atoms with Crippen molar-refractivity contribution >= 4 is 46.4 Å². The Morgan fingerprint density at radius 2 is 1.77 bits per heavy atom. The monoisotopic (exact) mass is 390 g/mol. The highest BCUT2D eigenvalue weighted by molar-refractivity contribution is 6.36. The molecule has 0 aliphatic carbocycles. The van der Waals surface area contributed by atoms with Gasteiger partial charge in [-0.1, -0.05) is 23.2 Å². The van der Waals surface area contributed by atoms with Gasteiger partial charge < -0.3 is 10.6 Å². The van der Waals surface area contributed by atoms with Crippen LogP contribution in [0.5, 0.6) is 0 Å². The van der Waals surface area contributed by atoms with E-state index in [9.17, 15) is 9.18 Å². The molecular weight excluding hydrogens is 378 g/mol. The number of carbonyl (C=O) groups is 1. The number of hydrogen-bond acceptors (Lipinski definition) is 4. The van der Waals surface area contributed by atoms with Gasteiger partial charge in [0.1, 0.15) is 11.5 Å². The zero-order chi connectivity index (χ0) is 18.7. The number of aromatic nitrogens is 2. The topological polar surface area (TPSA) is 66.9 Å². The Balaban J connectivity index is 1.82. The quantitative estimate of drug-likeness (QED) is 0.640. The van der Waals surface area contributed by atoms with E-state index in [4.69, 9.17) is 23.2 Å². The first-order valence-electron chi connectivity index (χ1n) is 7.55. The average molecular weight is 391 g/mol. The predicted octanol–water partition coefficient (Wildman–Crippen LogP) is 5.23. The van der Waals surface area contributed by atoms with E-state index in [2.05, 4.69) is 20.6 Å². The molecule has 2 N–H and O–H groups in total. The van der Waals surface area contributed by atoms with Gasteiger partial charge in [-0.3, -0.25) is 4.79 Å². The molecule has 0 spiro atoms. The van der Waals surface area contributed by atoms with E-state index in [1.807, 2.05) is 0 Å². The summed E-state index contributed by atoms with van der Waals surface area (Å²) < 4.78 is 13.0. The molecule has 1 amide bonds. The van der Waals surface area contributed by atoms with Crippen LogP contribution in [-0.4, -0.2) is 15.9 Å². The number of nitrogens with zero attached hydrogens (tertiary/aromatic N) is 2. The molecule has 0 radical (unpaired) electrons. The van der Waals surface area contributed by atoms with Gasteiger partial charge in [-0.2, -0.15) is 0 Å². The summed E-state index contributed by atoms with van der Waals surface area (Å²) in [7, 11) is 0. The SMILES string of the molecule is Cc1cc(C(=O)Nc2ccc(Cl)cc2Cl)nc(Nc2ccc(F)cc2)n1. The standard InChI is InChI=1S/C18H13Cl2FN4O/c1-10-8-16(17(26)24-15-7-2-11(19)9-14(15)20)25-18(22-10)23-13-5-3-12(21)4-6-13/h2-9H,1H3,(H,24,26)(H,22,23,25). The molecule has 3 rings (SSSR count). The summed E-state index contributed by atoms with van der Waals surface area (Å²) in [5.74, 6) is -0.563. The van der Waals surface area contributed by atoms with Gasteiger partial charge in [0.2, 0.25) is 5.95 Å². The van der Waals surface area contributed by atoms with Crippen LogP contribution in [0.25, 0.3) is 0 Å². The Kier molecular flexibility index (Phi) is 5.35.